The Balaban J connectivity index is 1.92. The summed E-state index contributed by atoms with van der Waals surface area (Å²) in [4.78, 5) is 12.2. The number of nitrogens with one attached hydrogen (secondary N) is 1. The fourth-order valence-electron chi connectivity index (χ4n) is 2.68. The monoisotopic (exact) mass is 460 g/mol. The molecule has 0 saturated heterocycles. The van der Waals surface area contributed by atoms with E-state index in [1.165, 1.54) is 11.6 Å². The molecule has 0 aliphatic rings. The van der Waals surface area contributed by atoms with Gasteiger partial charge >= 0.3 is 6.18 Å². The van der Waals surface area contributed by atoms with E-state index in [0.29, 0.717) is 22.7 Å². The average Bonchev–Trinajstić information content (AvgIpc) is 2.64. The van der Waals surface area contributed by atoms with Crippen molar-refractivity contribution in [3.63, 3.8) is 0 Å². The number of alkyl halides is 3. The Morgan fingerprint density at radius 3 is 2.47 bits per heavy atom. The fourth-order valence-corrected chi connectivity index (χ4v) is 4.33. The van der Waals surface area contributed by atoms with Crippen LogP contribution in [0.3, 0.4) is 0 Å². The van der Waals surface area contributed by atoms with Gasteiger partial charge in [0, 0.05) is 18.1 Å². The van der Waals surface area contributed by atoms with Crippen molar-refractivity contribution in [1.29, 1.82) is 0 Å². The molecule has 0 aliphatic carbocycles. The van der Waals surface area contributed by atoms with Crippen LogP contribution in [0.4, 0.5) is 18.9 Å². The molecule has 164 valence electrons. The van der Waals surface area contributed by atoms with Crippen LogP contribution in [0.1, 0.15) is 16.7 Å². The second kappa shape index (κ2) is 10.2. The average molecular weight is 461 g/mol. The Hall–Kier alpha value is -2.20. The van der Waals surface area contributed by atoms with E-state index >= 15 is 0 Å². The molecule has 1 amide bonds. The van der Waals surface area contributed by atoms with Crippen LogP contribution in [0.5, 0.6) is 0 Å². The van der Waals surface area contributed by atoms with Gasteiger partial charge in [-0.1, -0.05) is 35.9 Å². The number of thioether (sulfide) groups is 1. The number of benzene rings is 2. The lowest BCUT2D eigenvalue weighted by Crippen LogP contribution is -2.41. The number of amides is 1. The summed E-state index contributed by atoms with van der Waals surface area (Å²) < 4.78 is 63.5. The highest BCUT2D eigenvalue weighted by Gasteiger charge is 2.31. The molecule has 0 atom stereocenters. The van der Waals surface area contributed by atoms with Crippen molar-refractivity contribution in [2.75, 3.05) is 29.4 Å². The lowest BCUT2D eigenvalue weighted by Gasteiger charge is -2.22. The van der Waals surface area contributed by atoms with Gasteiger partial charge in [0.05, 0.1) is 17.5 Å². The van der Waals surface area contributed by atoms with Crippen LogP contribution in [0, 0.1) is 6.92 Å². The van der Waals surface area contributed by atoms with Crippen LogP contribution in [0.15, 0.2) is 48.5 Å². The molecule has 30 heavy (non-hydrogen) atoms. The SMILES string of the molecule is Cc1cccc(CSCCNC(=O)CN(c2cccc(C(F)(F)F)c2)S(C)(=O)=O)c1. The molecule has 0 spiro atoms. The van der Waals surface area contributed by atoms with Gasteiger partial charge in [0.15, 0.2) is 0 Å². The molecule has 2 aromatic rings. The molecule has 0 aliphatic heterocycles. The first-order chi connectivity index (χ1) is 14.0. The third kappa shape index (κ3) is 7.56. The Kier molecular flexibility index (Phi) is 8.19. The molecule has 5 nitrogen and oxygen atoms in total. The predicted octanol–water partition coefficient (Wildman–Crippen LogP) is 3.83. The van der Waals surface area contributed by atoms with Gasteiger partial charge in [-0.3, -0.25) is 9.10 Å². The van der Waals surface area contributed by atoms with Crippen molar-refractivity contribution in [3.05, 3.63) is 65.2 Å². The Morgan fingerprint density at radius 1 is 1.13 bits per heavy atom. The van der Waals surface area contributed by atoms with E-state index in [9.17, 15) is 26.4 Å². The molecule has 0 aromatic heterocycles. The second-order valence-electron chi connectivity index (χ2n) is 6.71. The number of rotatable bonds is 9. The fraction of sp³-hybridized carbons (Fsp3) is 0.350. The summed E-state index contributed by atoms with van der Waals surface area (Å²) in [6, 6.07) is 12.0. The van der Waals surface area contributed by atoms with E-state index in [4.69, 9.17) is 0 Å². The molecule has 1 N–H and O–H groups in total. The number of aryl methyl sites for hydroxylation is 1. The zero-order valence-corrected chi connectivity index (χ0v) is 18.2. The molecule has 0 saturated carbocycles. The number of hydrogen-bond acceptors (Lipinski definition) is 4. The normalized spacial score (nSPS) is 11.9. The number of carbonyl (C=O) groups excluding carboxylic acids is 1. The molecule has 0 fully saturated rings. The Labute approximate surface area is 178 Å². The van der Waals surface area contributed by atoms with Crippen LogP contribution < -0.4 is 9.62 Å². The summed E-state index contributed by atoms with van der Waals surface area (Å²) in [7, 11) is -3.95. The first kappa shape index (κ1) is 24.1. The summed E-state index contributed by atoms with van der Waals surface area (Å²) in [6.07, 6.45) is -3.77. The number of anilines is 1. The highest BCUT2D eigenvalue weighted by atomic mass is 32.2. The largest absolute Gasteiger partial charge is 0.416 e. The number of halogens is 3. The summed E-state index contributed by atoms with van der Waals surface area (Å²) in [5, 5.41) is 2.61. The van der Waals surface area contributed by atoms with Crippen molar-refractivity contribution in [3.8, 4) is 0 Å². The number of sulfonamides is 1. The molecule has 0 radical (unpaired) electrons. The highest BCUT2D eigenvalue weighted by molar-refractivity contribution is 7.98. The lowest BCUT2D eigenvalue weighted by atomic mass is 10.2. The molecule has 0 heterocycles. The third-order valence-electron chi connectivity index (χ3n) is 4.07. The van der Waals surface area contributed by atoms with E-state index in [1.54, 1.807) is 11.8 Å². The van der Waals surface area contributed by atoms with Gasteiger partial charge in [-0.2, -0.15) is 24.9 Å². The highest BCUT2D eigenvalue weighted by Crippen LogP contribution is 2.32. The van der Waals surface area contributed by atoms with Crippen LogP contribution in [-0.4, -0.2) is 39.4 Å². The molecule has 2 aromatic carbocycles. The van der Waals surface area contributed by atoms with Gasteiger partial charge < -0.3 is 5.32 Å². The van der Waals surface area contributed by atoms with E-state index in [1.807, 2.05) is 25.1 Å². The van der Waals surface area contributed by atoms with Crippen LogP contribution in [0.25, 0.3) is 0 Å². The maximum Gasteiger partial charge on any atom is 0.416 e. The topological polar surface area (TPSA) is 66.5 Å². The van der Waals surface area contributed by atoms with Crippen LogP contribution in [0.2, 0.25) is 0 Å². The van der Waals surface area contributed by atoms with Gasteiger partial charge in [0.1, 0.15) is 6.54 Å². The minimum Gasteiger partial charge on any atom is -0.354 e. The predicted molar refractivity (Wildman–Crippen MR) is 114 cm³/mol. The zero-order chi connectivity index (χ0) is 22.4. The van der Waals surface area contributed by atoms with Gasteiger partial charge in [-0.15, -0.1) is 0 Å². The summed E-state index contributed by atoms with van der Waals surface area (Å²) in [6.45, 7) is 1.73. The maximum atomic E-state index is 12.9. The van der Waals surface area contributed by atoms with Crippen LogP contribution >= 0.6 is 11.8 Å². The zero-order valence-electron chi connectivity index (χ0n) is 16.6. The summed E-state index contributed by atoms with van der Waals surface area (Å²) in [5.41, 5.74) is 1.13. The van der Waals surface area contributed by atoms with Gasteiger partial charge in [-0.25, -0.2) is 8.42 Å². The van der Waals surface area contributed by atoms with Crippen LogP contribution in [-0.2, 0) is 26.7 Å². The molecule has 0 unspecified atom stereocenters. The lowest BCUT2D eigenvalue weighted by molar-refractivity contribution is -0.137. The maximum absolute atomic E-state index is 12.9. The number of nitrogens with zero attached hydrogens (tertiary/aromatic N) is 1. The van der Waals surface area contributed by atoms with Crippen molar-refractivity contribution in [2.24, 2.45) is 0 Å². The molecule has 0 bridgehead atoms. The van der Waals surface area contributed by atoms with E-state index in [-0.39, 0.29) is 5.69 Å². The van der Waals surface area contributed by atoms with E-state index < -0.39 is 34.2 Å². The quantitative estimate of drug-likeness (QED) is 0.578. The number of carbonyl (C=O) groups is 1. The molecular weight excluding hydrogens is 437 g/mol. The minimum absolute atomic E-state index is 0.212. The second-order valence-corrected chi connectivity index (χ2v) is 9.72. The van der Waals surface area contributed by atoms with Crippen molar-refractivity contribution < 1.29 is 26.4 Å². The Bertz CT molecular complexity index is 979. The molecule has 10 heteroatoms. The summed E-state index contributed by atoms with van der Waals surface area (Å²) in [5.74, 6) is 0.799. The standard InChI is InChI=1S/C20H23F3N2O3S2/c1-15-5-3-6-16(11-15)14-29-10-9-24-19(26)13-25(30(2,27)28)18-8-4-7-17(12-18)20(21,22)23/h3-8,11-12H,9-10,13-14H2,1-2H3,(H,24,26). The Morgan fingerprint density at radius 2 is 1.83 bits per heavy atom. The first-order valence-corrected chi connectivity index (χ1v) is 12.0. The smallest absolute Gasteiger partial charge is 0.354 e. The molecule has 2 rings (SSSR count). The van der Waals surface area contributed by atoms with Gasteiger partial charge in [-0.05, 0) is 30.7 Å². The minimum atomic E-state index is -4.62. The summed E-state index contributed by atoms with van der Waals surface area (Å²) >= 11 is 1.61. The molecular formula is C20H23F3N2O3S2. The van der Waals surface area contributed by atoms with Crippen molar-refractivity contribution >= 4 is 33.4 Å². The number of hydrogen-bond donors (Lipinski definition) is 1. The van der Waals surface area contributed by atoms with Crippen molar-refractivity contribution in [2.45, 2.75) is 18.9 Å². The third-order valence-corrected chi connectivity index (χ3v) is 6.24. The van der Waals surface area contributed by atoms with Gasteiger partial charge in [0.2, 0.25) is 15.9 Å². The first-order valence-electron chi connectivity index (χ1n) is 9.02. The van der Waals surface area contributed by atoms with Crippen molar-refractivity contribution in [1.82, 2.24) is 5.32 Å². The van der Waals surface area contributed by atoms with E-state index in [0.717, 1.165) is 29.7 Å². The van der Waals surface area contributed by atoms with Gasteiger partial charge in [0.25, 0.3) is 0 Å². The van der Waals surface area contributed by atoms with E-state index in [2.05, 4.69) is 11.4 Å².